The first-order chi connectivity index (χ1) is 7.63. The Balaban J connectivity index is 3.79. The fourth-order valence-electron chi connectivity index (χ4n) is 2.11. The molecule has 96 valence electrons. The molecule has 0 amide bonds. The summed E-state index contributed by atoms with van der Waals surface area (Å²) >= 11 is 0. The highest BCUT2D eigenvalue weighted by Gasteiger charge is 2.18. The highest BCUT2D eigenvalue weighted by molar-refractivity contribution is 4.75. The van der Waals surface area contributed by atoms with Gasteiger partial charge in [0.05, 0.1) is 0 Å². The van der Waals surface area contributed by atoms with E-state index in [4.69, 9.17) is 0 Å². The molecule has 2 unspecified atom stereocenters. The van der Waals surface area contributed by atoms with Crippen LogP contribution in [0.25, 0.3) is 0 Å². The highest BCUT2D eigenvalue weighted by atomic mass is 14.9. The maximum Gasteiger partial charge on any atom is 0.00950 e. The molecule has 0 aliphatic carbocycles. The number of hydrogen-bond donors (Lipinski definition) is 1. The fourth-order valence-corrected chi connectivity index (χ4v) is 2.11. The second-order valence-corrected chi connectivity index (χ2v) is 5.19. The van der Waals surface area contributed by atoms with Crippen LogP contribution in [0.2, 0.25) is 0 Å². The van der Waals surface area contributed by atoms with Gasteiger partial charge in [-0.25, -0.2) is 0 Å². The Morgan fingerprint density at radius 2 is 1.81 bits per heavy atom. The summed E-state index contributed by atoms with van der Waals surface area (Å²) in [5, 5.41) is 3.63. The Labute approximate surface area is 103 Å². The van der Waals surface area contributed by atoms with E-state index in [1.54, 1.807) is 0 Å². The third-order valence-electron chi connectivity index (χ3n) is 3.58. The average Bonchev–Trinajstić information content (AvgIpc) is 2.26. The quantitative estimate of drug-likeness (QED) is 0.429. The molecule has 0 aromatic rings. The molecular formula is C15H31N. The van der Waals surface area contributed by atoms with Crippen molar-refractivity contribution in [1.82, 2.24) is 5.32 Å². The molecule has 0 radical (unpaired) electrons. The van der Waals surface area contributed by atoms with Crippen LogP contribution in [0, 0.1) is 11.8 Å². The van der Waals surface area contributed by atoms with Crippen LogP contribution in [0.3, 0.4) is 0 Å². The van der Waals surface area contributed by atoms with Gasteiger partial charge in [0, 0.05) is 6.04 Å². The Kier molecular flexibility index (Phi) is 9.71. The fraction of sp³-hybridized carbons (Fsp3) is 0.867. The Morgan fingerprint density at radius 1 is 1.12 bits per heavy atom. The summed E-state index contributed by atoms with van der Waals surface area (Å²) in [6, 6.07) is 0.703. The van der Waals surface area contributed by atoms with Crippen molar-refractivity contribution < 1.29 is 0 Å². The van der Waals surface area contributed by atoms with Crippen molar-refractivity contribution in [3.8, 4) is 0 Å². The van der Waals surface area contributed by atoms with Crippen LogP contribution in [0.15, 0.2) is 12.7 Å². The van der Waals surface area contributed by atoms with Gasteiger partial charge in [-0.1, -0.05) is 46.6 Å². The molecule has 0 aromatic carbocycles. The third-order valence-corrected chi connectivity index (χ3v) is 3.58. The van der Waals surface area contributed by atoms with Crippen molar-refractivity contribution in [2.24, 2.45) is 11.8 Å². The lowest BCUT2D eigenvalue weighted by atomic mass is 9.87. The number of nitrogens with one attached hydrogen (secondary N) is 1. The predicted octanol–water partition coefficient (Wildman–Crippen LogP) is 4.39. The van der Waals surface area contributed by atoms with Gasteiger partial charge in [0.2, 0.25) is 0 Å². The maximum atomic E-state index is 3.76. The van der Waals surface area contributed by atoms with E-state index in [-0.39, 0.29) is 0 Å². The summed E-state index contributed by atoms with van der Waals surface area (Å²) in [6.45, 7) is 14.1. The molecular weight excluding hydrogens is 194 g/mol. The minimum absolute atomic E-state index is 0.703. The predicted molar refractivity (Wildman–Crippen MR) is 74.7 cm³/mol. The Bertz CT molecular complexity index is 163. The topological polar surface area (TPSA) is 12.0 Å². The Hall–Kier alpha value is -0.300. The number of unbranched alkanes of at least 4 members (excludes halogenated alkanes) is 3. The number of hydrogen-bond acceptors (Lipinski definition) is 1. The molecule has 1 N–H and O–H groups in total. The molecule has 1 heteroatoms. The van der Waals surface area contributed by atoms with Crippen LogP contribution in [0.4, 0.5) is 0 Å². The van der Waals surface area contributed by atoms with Crippen molar-refractivity contribution in [2.45, 2.75) is 65.8 Å². The molecule has 0 rings (SSSR count). The lowest BCUT2D eigenvalue weighted by Gasteiger charge is -2.27. The Morgan fingerprint density at radius 3 is 2.31 bits per heavy atom. The summed E-state index contributed by atoms with van der Waals surface area (Å²) < 4.78 is 0. The van der Waals surface area contributed by atoms with E-state index in [2.05, 4.69) is 39.6 Å². The third kappa shape index (κ3) is 7.05. The van der Waals surface area contributed by atoms with E-state index in [0.717, 1.165) is 18.4 Å². The summed E-state index contributed by atoms with van der Waals surface area (Å²) in [7, 11) is 0. The van der Waals surface area contributed by atoms with Crippen molar-refractivity contribution in [3.63, 3.8) is 0 Å². The second kappa shape index (κ2) is 9.89. The van der Waals surface area contributed by atoms with E-state index in [1.165, 1.54) is 32.1 Å². The average molecular weight is 225 g/mol. The van der Waals surface area contributed by atoms with E-state index in [0.29, 0.717) is 6.04 Å². The second-order valence-electron chi connectivity index (χ2n) is 5.19. The van der Waals surface area contributed by atoms with Crippen molar-refractivity contribution in [2.75, 3.05) is 6.54 Å². The first-order valence-corrected chi connectivity index (χ1v) is 6.97. The van der Waals surface area contributed by atoms with Gasteiger partial charge >= 0.3 is 0 Å². The van der Waals surface area contributed by atoms with Crippen LogP contribution in [-0.2, 0) is 0 Å². The van der Waals surface area contributed by atoms with Crippen molar-refractivity contribution in [3.05, 3.63) is 12.7 Å². The van der Waals surface area contributed by atoms with E-state index < -0.39 is 0 Å². The van der Waals surface area contributed by atoms with Gasteiger partial charge < -0.3 is 5.32 Å². The monoisotopic (exact) mass is 225 g/mol. The largest absolute Gasteiger partial charge is 0.314 e. The zero-order chi connectivity index (χ0) is 12.4. The van der Waals surface area contributed by atoms with Gasteiger partial charge in [-0.2, -0.15) is 0 Å². The van der Waals surface area contributed by atoms with Crippen LogP contribution in [-0.4, -0.2) is 12.6 Å². The number of rotatable bonds is 10. The van der Waals surface area contributed by atoms with Crippen LogP contribution in [0.1, 0.15) is 59.8 Å². The molecule has 0 aliphatic rings. The molecule has 0 spiro atoms. The SMILES string of the molecule is C=CCCCCCC(NCC)C(C)C(C)C. The summed E-state index contributed by atoms with van der Waals surface area (Å²) in [5.41, 5.74) is 0. The van der Waals surface area contributed by atoms with E-state index in [9.17, 15) is 0 Å². The minimum atomic E-state index is 0.703. The van der Waals surface area contributed by atoms with Gasteiger partial charge in [-0.15, -0.1) is 6.58 Å². The first-order valence-electron chi connectivity index (χ1n) is 6.97. The van der Waals surface area contributed by atoms with Crippen LogP contribution >= 0.6 is 0 Å². The number of allylic oxidation sites excluding steroid dienone is 1. The molecule has 0 bridgehead atoms. The molecule has 0 heterocycles. The zero-order valence-electron chi connectivity index (χ0n) is 11.8. The molecule has 0 aliphatic heterocycles. The molecule has 16 heavy (non-hydrogen) atoms. The standard InChI is InChI=1S/C15H31N/c1-6-8-9-10-11-12-15(16-7-2)14(5)13(3)4/h6,13-16H,1,7-12H2,2-5H3. The lowest BCUT2D eigenvalue weighted by Crippen LogP contribution is -2.37. The molecule has 0 saturated heterocycles. The first kappa shape index (κ1) is 15.7. The lowest BCUT2D eigenvalue weighted by molar-refractivity contribution is 0.283. The van der Waals surface area contributed by atoms with Gasteiger partial charge in [0.25, 0.3) is 0 Å². The summed E-state index contributed by atoms with van der Waals surface area (Å²) in [6.07, 6.45) is 8.52. The minimum Gasteiger partial charge on any atom is -0.314 e. The van der Waals surface area contributed by atoms with Crippen molar-refractivity contribution in [1.29, 1.82) is 0 Å². The summed E-state index contributed by atoms with van der Waals surface area (Å²) in [5.74, 6) is 1.55. The zero-order valence-corrected chi connectivity index (χ0v) is 11.8. The maximum absolute atomic E-state index is 3.76. The normalized spacial score (nSPS) is 15.1. The summed E-state index contributed by atoms with van der Waals surface area (Å²) in [4.78, 5) is 0. The molecule has 0 fully saturated rings. The van der Waals surface area contributed by atoms with Gasteiger partial charge in [0.1, 0.15) is 0 Å². The smallest absolute Gasteiger partial charge is 0.00950 e. The van der Waals surface area contributed by atoms with Gasteiger partial charge in [-0.3, -0.25) is 0 Å². The van der Waals surface area contributed by atoms with Gasteiger partial charge in [-0.05, 0) is 37.6 Å². The van der Waals surface area contributed by atoms with Crippen LogP contribution in [0.5, 0.6) is 0 Å². The van der Waals surface area contributed by atoms with Crippen molar-refractivity contribution >= 4 is 0 Å². The molecule has 2 atom stereocenters. The van der Waals surface area contributed by atoms with Crippen LogP contribution < -0.4 is 5.32 Å². The van der Waals surface area contributed by atoms with Gasteiger partial charge in [0.15, 0.2) is 0 Å². The highest BCUT2D eigenvalue weighted by Crippen LogP contribution is 2.19. The molecule has 0 aromatic heterocycles. The van der Waals surface area contributed by atoms with E-state index in [1.807, 2.05) is 6.08 Å². The molecule has 0 saturated carbocycles. The van der Waals surface area contributed by atoms with E-state index >= 15 is 0 Å². The molecule has 1 nitrogen and oxygen atoms in total.